The number of hydrogen-bond donors (Lipinski definition) is 3. The smallest absolute Gasteiger partial charge is 0.159 e. The van der Waals surface area contributed by atoms with Crippen LogP contribution in [-0.4, -0.2) is 35.3 Å². The molecular weight excluding hydrogens is 381 g/mol. The molecule has 0 bridgehead atoms. The molecule has 0 atom stereocenters. The van der Waals surface area contributed by atoms with Crippen LogP contribution in [0.3, 0.4) is 0 Å². The highest BCUT2D eigenvalue weighted by Crippen LogP contribution is 2.32. The number of pyridine rings is 1. The second-order valence-corrected chi connectivity index (χ2v) is 6.97. The van der Waals surface area contributed by atoms with Crippen molar-refractivity contribution in [2.24, 2.45) is 0 Å². The molecule has 8 heteroatoms. The van der Waals surface area contributed by atoms with E-state index in [1.165, 1.54) is 12.1 Å². The predicted molar refractivity (Wildman–Crippen MR) is 112 cm³/mol. The summed E-state index contributed by atoms with van der Waals surface area (Å²) < 4.78 is 13.3. The first kappa shape index (κ1) is 16.6. The standard InChI is InChI=1S/C22H14FN7/c23-15-4-1-12(2-5-15)19-21-18(7-8-24-19)27-22(28-21)20-16-9-13(14-10-25-26-11-14)3-6-17(16)29-30-20/h1-11H,(H,25,26)(H,27,28)(H,29,30). The van der Waals surface area contributed by atoms with E-state index < -0.39 is 0 Å². The summed E-state index contributed by atoms with van der Waals surface area (Å²) in [5, 5.41) is 15.4. The summed E-state index contributed by atoms with van der Waals surface area (Å²) in [5.74, 6) is 0.349. The van der Waals surface area contributed by atoms with Crippen molar-refractivity contribution in [2.75, 3.05) is 0 Å². The maximum Gasteiger partial charge on any atom is 0.159 e. The molecule has 0 saturated carbocycles. The molecule has 0 radical (unpaired) electrons. The average molecular weight is 395 g/mol. The van der Waals surface area contributed by atoms with Gasteiger partial charge in [-0.1, -0.05) is 6.07 Å². The Hall–Kier alpha value is -4.33. The van der Waals surface area contributed by atoms with Gasteiger partial charge in [-0.15, -0.1) is 0 Å². The lowest BCUT2D eigenvalue weighted by atomic mass is 10.1. The van der Waals surface area contributed by atoms with Crippen molar-refractivity contribution in [1.29, 1.82) is 0 Å². The van der Waals surface area contributed by atoms with Gasteiger partial charge < -0.3 is 4.98 Å². The van der Waals surface area contributed by atoms with Crippen LogP contribution >= 0.6 is 0 Å². The molecule has 0 saturated heterocycles. The van der Waals surface area contributed by atoms with E-state index in [4.69, 9.17) is 4.98 Å². The van der Waals surface area contributed by atoms with Crippen molar-refractivity contribution < 1.29 is 4.39 Å². The molecule has 0 aliphatic carbocycles. The maximum atomic E-state index is 13.3. The molecule has 30 heavy (non-hydrogen) atoms. The Morgan fingerprint density at radius 1 is 0.833 bits per heavy atom. The monoisotopic (exact) mass is 395 g/mol. The number of nitrogens with one attached hydrogen (secondary N) is 3. The number of aromatic amines is 3. The van der Waals surface area contributed by atoms with Crippen molar-refractivity contribution in [2.45, 2.75) is 0 Å². The van der Waals surface area contributed by atoms with Crippen LogP contribution in [0.15, 0.2) is 67.1 Å². The van der Waals surface area contributed by atoms with Crippen molar-refractivity contribution in [3.63, 3.8) is 0 Å². The van der Waals surface area contributed by atoms with Gasteiger partial charge in [-0.3, -0.25) is 15.2 Å². The second-order valence-electron chi connectivity index (χ2n) is 6.97. The molecule has 0 unspecified atom stereocenters. The third kappa shape index (κ3) is 2.58. The fourth-order valence-corrected chi connectivity index (χ4v) is 3.65. The van der Waals surface area contributed by atoms with Crippen LogP contribution in [0.1, 0.15) is 0 Å². The lowest BCUT2D eigenvalue weighted by Gasteiger charge is -2.01. The number of aromatic nitrogens is 7. The summed E-state index contributed by atoms with van der Waals surface area (Å²) in [7, 11) is 0. The van der Waals surface area contributed by atoms with Gasteiger partial charge in [0.15, 0.2) is 5.82 Å². The largest absolute Gasteiger partial charge is 0.336 e. The Labute approximate surface area is 169 Å². The number of fused-ring (bicyclic) bond motifs is 2. The molecule has 0 aliphatic heterocycles. The fraction of sp³-hybridized carbons (Fsp3) is 0. The van der Waals surface area contributed by atoms with Crippen LogP contribution in [0.2, 0.25) is 0 Å². The zero-order valence-electron chi connectivity index (χ0n) is 15.5. The summed E-state index contributed by atoms with van der Waals surface area (Å²) in [6.07, 6.45) is 5.34. The average Bonchev–Trinajstić information content (AvgIpc) is 3.52. The third-order valence-corrected chi connectivity index (χ3v) is 5.14. The molecule has 0 aliphatic rings. The molecule has 4 aromatic heterocycles. The normalized spacial score (nSPS) is 11.5. The number of halogens is 1. The second kappa shape index (κ2) is 6.35. The number of benzene rings is 2. The molecule has 3 N–H and O–H groups in total. The first-order valence-corrected chi connectivity index (χ1v) is 9.34. The van der Waals surface area contributed by atoms with Crippen molar-refractivity contribution in [1.82, 2.24) is 35.3 Å². The fourth-order valence-electron chi connectivity index (χ4n) is 3.65. The van der Waals surface area contributed by atoms with Crippen molar-refractivity contribution in [3.05, 3.63) is 72.9 Å². The van der Waals surface area contributed by atoms with Crippen molar-refractivity contribution >= 4 is 21.9 Å². The Morgan fingerprint density at radius 2 is 1.70 bits per heavy atom. The minimum absolute atomic E-state index is 0.287. The highest BCUT2D eigenvalue weighted by atomic mass is 19.1. The summed E-state index contributed by atoms with van der Waals surface area (Å²) in [6, 6.07) is 14.2. The van der Waals surface area contributed by atoms with E-state index in [0.717, 1.165) is 38.8 Å². The highest BCUT2D eigenvalue weighted by molar-refractivity contribution is 5.97. The Kier molecular flexibility index (Phi) is 3.51. The molecule has 7 nitrogen and oxygen atoms in total. The van der Waals surface area contributed by atoms with Gasteiger partial charge in [0.2, 0.25) is 0 Å². The first-order valence-electron chi connectivity index (χ1n) is 9.34. The number of rotatable bonds is 3. The quantitative estimate of drug-likeness (QED) is 0.404. The Bertz CT molecular complexity index is 1490. The van der Waals surface area contributed by atoms with Gasteiger partial charge in [0.1, 0.15) is 17.0 Å². The molecule has 0 spiro atoms. The lowest BCUT2D eigenvalue weighted by Crippen LogP contribution is -1.86. The number of H-pyrrole nitrogens is 3. The van der Waals surface area contributed by atoms with E-state index in [9.17, 15) is 4.39 Å². The third-order valence-electron chi connectivity index (χ3n) is 5.14. The van der Waals surface area contributed by atoms with Crippen LogP contribution < -0.4 is 0 Å². The Balaban J connectivity index is 1.52. The van der Waals surface area contributed by atoms with E-state index in [-0.39, 0.29) is 5.82 Å². The summed E-state index contributed by atoms with van der Waals surface area (Å²) in [6.45, 7) is 0. The minimum atomic E-state index is -0.287. The van der Waals surface area contributed by atoms with Crippen LogP contribution in [0, 0.1) is 5.82 Å². The van der Waals surface area contributed by atoms with Gasteiger partial charge in [0, 0.05) is 28.9 Å². The zero-order chi connectivity index (χ0) is 20.1. The maximum absolute atomic E-state index is 13.3. The number of hydrogen-bond acceptors (Lipinski definition) is 4. The zero-order valence-corrected chi connectivity index (χ0v) is 15.5. The van der Waals surface area contributed by atoms with Gasteiger partial charge in [-0.05, 0) is 48.0 Å². The molecule has 2 aromatic carbocycles. The van der Waals surface area contributed by atoms with Crippen LogP contribution in [0.5, 0.6) is 0 Å². The molecule has 144 valence electrons. The van der Waals surface area contributed by atoms with Crippen LogP contribution in [0.25, 0.3) is 55.8 Å². The van der Waals surface area contributed by atoms with Crippen LogP contribution in [0.4, 0.5) is 4.39 Å². The van der Waals surface area contributed by atoms with Gasteiger partial charge in [0.05, 0.1) is 22.9 Å². The summed E-state index contributed by atoms with van der Waals surface area (Å²) >= 11 is 0. The van der Waals surface area contributed by atoms with E-state index >= 15 is 0 Å². The predicted octanol–water partition coefficient (Wildman–Crippen LogP) is 4.70. The number of imidazole rings is 1. The molecule has 0 amide bonds. The van der Waals surface area contributed by atoms with Gasteiger partial charge in [-0.25, -0.2) is 9.37 Å². The molecule has 6 aromatic rings. The van der Waals surface area contributed by atoms with Gasteiger partial charge in [-0.2, -0.15) is 10.2 Å². The minimum Gasteiger partial charge on any atom is -0.336 e. The first-order chi connectivity index (χ1) is 14.8. The van der Waals surface area contributed by atoms with E-state index in [0.29, 0.717) is 17.0 Å². The van der Waals surface area contributed by atoms with E-state index in [1.807, 2.05) is 24.4 Å². The lowest BCUT2D eigenvalue weighted by molar-refractivity contribution is 0.628. The summed E-state index contributed by atoms with van der Waals surface area (Å²) in [5.41, 5.74) is 6.69. The molecule has 0 fully saturated rings. The Morgan fingerprint density at radius 3 is 2.53 bits per heavy atom. The highest BCUT2D eigenvalue weighted by Gasteiger charge is 2.16. The number of nitrogens with zero attached hydrogens (tertiary/aromatic N) is 4. The van der Waals surface area contributed by atoms with Gasteiger partial charge >= 0.3 is 0 Å². The molecular formula is C22H14FN7. The van der Waals surface area contributed by atoms with Crippen LogP contribution in [-0.2, 0) is 0 Å². The van der Waals surface area contributed by atoms with E-state index in [2.05, 4.69) is 36.4 Å². The SMILES string of the molecule is Fc1ccc(-c2nccc3[nH]c(-c4n[nH]c5ccc(-c6cn[nH]c6)cc45)nc23)cc1. The molecule has 6 rings (SSSR count). The van der Waals surface area contributed by atoms with Crippen molar-refractivity contribution in [3.8, 4) is 33.9 Å². The summed E-state index contributed by atoms with van der Waals surface area (Å²) in [4.78, 5) is 12.6. The van der Waals surface area contributed by atoms with E-state index in [1.54, 1.807) is 24.5 Å². The van der Waals surface area contributed by atoms with Gasteiger partial charge in [0.25, 0.3) is 0 Å². The topological polar surface area (TPSA) is 98.9 Å². The molecule has 4 heterocycles.